The molecule has 0 spiro atoms. The van der Waals surface area contributed by atoms with Gasteiger partial charge in [-0.2, -0.15) is 0 Å². The van der Waals surface area contributed by atoms with Crippen molar-refractivity contribution in [2.24, 2.45) is 0 Å². The summed E-state index contributed by atoms with van der Waals surface area (Å²) in [5.41, 5.74) is -0.0284. The number of nitro benzene ring substituents is 1. The maximum Gasteiger partial charge on any atom is 0.344 e. The summed E-state index contributed by atoms with van der Waals surface area (Å²) in [4.78, 5) is 22.2. The first kappa shape index (κ1) is 14.7. The molecule has 0 amide bonds. The lowest BCUT2D eigenvalue weighted by atomic mass is 10.0. The second-order valence-corrected chi connectivity index (χ2v) is 4.78. The van der Waals surface area contributed by atoms with Gasteiger partial charge in [-0.25, -0.2) is 9.18 Å². The first-order valence-corrected chi connectivity index (χ1v) is 6.56. The lowest BCUT2D eigenvalue weighted by Gasteiger charge is -2.02. The highest BCUT2D eigenvalue weighted by Crippen LogP contribution is 2.38. The number of rotatable bonds is 3. The van der Waals surface area contributed by atoms with Crippen LogP contribution in [0.5, 0.6) is 5.75 Å². The predicted octanol–water partition coefficient (Wildman–Crippen LogP) is 3.41. The number of nitro groups is 1. The number of benzene rings is 2. The fourth-order valence-electron chi connectivity index (χ4n) is 2.32. The summed E-state index contributed by atoms with van der Waals surface area (Å²) in [5, 5.41) is 11.1. The third-order valence-electron chi connectivity index (χ3n) is 3.36. The molecule has 0 atom stereocenters. The van der Waals surface area contributed by atoms with Crippen LogP contribution in [0.25, 0.3) is 11.8 Å². The fraction of sp³-hybridized carbons (Fsp3) is 0.0625. The number of carbonyl (C=O) groups excluding carboxylic acids is 1. The SMILES string of the molecule is COc1ccc(C=C2OC(=O)c3cc(F)cc([N+](=O)[O-])c32)cc1. The second-order valence-electron chi connectivity index (χ2n) is 4.78. The smallest absolute Gasteiger partial charge is 0.344 e. The summed E-state index contributed by atoms with van der Waals surface area (Å²) in [7, 11) is 1.53. The lowest BCUT2D eigenvalue weighted by molar-refractivity contribution is -0.385. The average molecular weight is 315 g/mol. The number of hydrogen-bond donors (Lipinski definition) is 0. The number of ether oxygens (including phenoxy) is 2. The van der Waals surface area contributed by atoms with Crippen molar-refractivity contribution in [1.82, 2.24) is 0 Å². The number of nitrogens with zero attached hydrogens (tertiary/aromatic N) is 1. The van der Waals surface area contributed by atoms with Crippen LogP contribution in [0.1, 0.15) is 21.5 Å². The van der Waals surface area contributed by atoms with Crippen molar-refractivity contribution >= 4 is 23.5 Å². The molecule has 1 heterocycles. The number of methoxy groups -OCH3 is 1. The number of hydrogen-bond acceptors (Lipinski definition) is 5. The molecule has 2 aromatic rings. The molecule has 0 fully saturated rings. The van der Waals surface area contributed by atoms with Crippen LogP contribution in [0, 0.1) is 15.9 Å². The van der Waals surface area contributed by atoms with Crippen LogP contribution in [0.4, 0.5) is 10.1 Å². The highest BCUT2D eigenvalue weighted by molar-refractivity contribution is 6.07. The van der Waals surface area contributed by atoms with Crippen LogP contribution in [-0.4, -0.2) is 18.0 Å². The Morgan fingerprint density at radius 3 is 2.57 bits per heavy atom. The van der Waals surface area contributed by atoms with Gasteiger partial charge in [-0.1, -0.05) is 12.1 Å². The normalized spacial score (nSPS) is 14.5. The van der Waals surface area contributed by atoms with Crippen molar-refractivity contribution in [3.05, 3.63) is 69.0 Å². The van der Waals surface area contributed by atoms with Gasteiger partial charge in [0.05, 0.1) is 23.7 Å². The number of halogens is 1. The molecule has 0 saturated heterocycles. The summed E-state index contributed by atoms with van der Waals surface area (Å²) in [6.45, 7) is 0. The number of cyclic esters (lactones) is 1. The molecule has 1 aliphatic heterocycles. The molecule has 0 aliphatic carbocycles. The molecule has 116 valence electrons. The third-order valence-corrected chi connectivity index (χ3v) is 3.36. The van der Waals surface area contributed by atoms with Crippen LogP contribution < -0.4 is 4.74 Å². The van der Waals surface area contributed by atoms with Gasteiger partial charge in [0.1, 0.15) is 22.9 Å². The molecule has 0 bridgehead atoms. The van der Waals surface area contributed by atoms with Gasteiger partial charge in [0, 0.05) is 0 Å². The van der Waals surface area contributed by atoms with Crippen LogP contribution in [0.15, 0.2) is 36.4 Å². The van der Waals surface area contributed by atoms with Gasteiger partial charge in [0.15, 0.2) is 0 Å². The maximum atomic E-state index is 13.4. The van der Waals surface area contributed by atoms with Gasteiger partial charge in [-0.3, -0.25) is 10.1 Å². The lowest BCUT2D eigenvalue weighted by Crippen LogP contribution is -1.98. The number of fused-ring (bicyclic) bond motifs is 1. The topological polar surface area (TPSA) is 78.7 Å². The van der Waals surface area contributed by atoms with Crippen LogP contribution in [-0.2, 0) is 4.74 Å². The Balaban J connectivity index is 2.12. The Hall–Kier alpha value is -3.22. The van der Waals surface area contributed by atoms with Crippen molar-refractivity contribution in [3.8, 4) is 5.75 Å². The minimum atomic E-state index is -0.863. The maximum absolute atomic E-state index is 13.4. The van der Waals surface area contributed by atoms with Crippen molar-refractivity contribution in [2.75, 3.05) is 7.11 Å². The predicted molar refractivity (Wildman–Crippen MR) is 79.3 cm³/mol. The third kappa shape index (κ3) is 2.64. The first-order chi connectivity index (χ1) is 11.0. The van der Waals surface area contributed by atoms with E-state index in [2.05, 4.69) is 0 Å². The standard InChI is InChI=1S/C16H10FNO5/c1-22-11-4-2-9(3-5-11)6-14-15-12(16(19)23-14)7-10(17)8-13(15)18(20)21/h2-8H,1H3. The minimum absolute atomic E-state index is 0.0156. The monoisotopic (exact) mass is 315 g/mol. The van der Waals surface area contributed by atoms with Crippen molar-refractivity contribution in [2.45, 2.75) is 0 Å². The molecule has 0 radical (unpaired) electrons. The largest absolute Gasteiger partial charge is 0.497 e. The molecule has 0 saturated carbocycles. The molecule has 2 aromatic carbocycles. The number of esters is 1. The molecular formula is C16H10FNO5. The average Bonchev–Trinajstić information content (AvgIpc) is 2.83. The van der Waals surface area contributed by atoms with E-state index in [1.807, 2.05) is 0 Å². The molecule has 0 N–H and O–H groups in total. The van der Waals surface area contributed by atoms with E-state index in [1.165, 1.54) is 13.2 Å². The zero-order chi connectivity index (χ0) is 16.6. The van der Waals surface area contributed by atoms with Crippen LogP contribution in [0.3, 0.4) is 0 Å². The quantitative estimate of drug-likeness (QED) is 0.492. The molecule has 7 heteroatoms. The number of carbonyl (C=O) groups is 1. The fourth-order valence-corrected chi connectivity index (χ4v) is 2.32. The van der Waals surface area contributed by atoms with Gasteiger partial charge in [-0.15, -0.1) is 0 Å². The van der Waals surface area contributed by atoms with Crippen molar-refractivity contribution in [3.63, 3.8) is 0 Å². The highest BCUT2D eigenvalue weighted by Gasteiger charge is 2.35. The summed E-state index contributed by atoms with van der Waals surface area (Å²) in [5.74, 6) is -1.02. The Kier molecular flexibility index (Phi) is 3.53. The van der Waals surface area contributed by atoms with E-state index in [0.29, 0.717) is 11.3 Å². The van der Waals surface area contributed by atoms with Gasteiger partial charge in [0.25, 0.3) is 5.69 Å². The van der Waals surface area contributed by atoms with Gasteiger partial charge < -0.3 is 9.47 Å². The zero-order valence-electron chi connectivity index (χ0n) is 11.9. The molecule has 6 nitrogen and oxygen atoms in total. The van der Waals surface area contributed by atoms with E-state index in [0.717, 1.165) is 12.1 Å². The summed E-state index contributed by atoms with van der Waals surface area (Å²) < 4.78 is 23.5. The van der Waals surface area contributed by atoms with Crippen molar-refractivity contribution in [1.29, 1.82) is 0 Å². The summed E-state index contributed by atoms with van der Waals surface area (Å²) >= 11 is 0. The second kappa shape index (κ2) is 5.53. The Morgan fingerprint density at radius 2 is 1.96 bits per heavy atom. The molecule has 0 aromatic heterocycles. The van der Waals surface area contributed by atoms with E-state index in [9.17, 15) is 19.3 Å². The van der Waals surface area contributed by atoms with Crippen molar-refractivity contribution < 1.29 is 23.6 Å². The molecule has 0 unspecified atom stereocenters. The highest BCUT2D eigenvalue weighted by atomic mass is 19.1. The first-order valence-electron chi connectivity index (χ1n) is 6.56. The van der Waals surface area contributed by atoms with E-state index in [-0.39, 0.29) is 16.9 Å². The Labute approximate surface area is 129 Å². The minimum Gasteiger partial charge on any atom is -0.497 e. The van der Waals surface area contributed by atoms with Gasteiger partial charge in [0.2, 0.25) is 0 Å². The van der Waals surface area contributed by atoms with Crippen LogP contribution in [0.2, 0.25) is 0 Å². The molecule has 23 heavy (non-hydrogen) atoms. The molecule has 3 rings (SSSR count). The molecular weight excluding hydrogens is 305 g/mol. The molecule has 1 aliphatic rings. The summed E-state index contributed by atoms with van der Waals surface area (Å²) in [6.07, 6.45) is 1.48. The van der Waals surface area contributed by atoms with Gasteiger partial charge in [-0.05, 0) is 29.8 Å². The van der Waals surface area contributed by atoms with E-state index >= 15 is 0 Å². The van der Waals surface area contributed by atoms with Gasteiger partial charge >= 0.3 is 5.97 Å². The van der Waals surface area contributed by atoms with E-state index in [1.54, 1.807) is 24.3 Å². The van der Waals surface area contributed by atoms with E-state index < -0.39 is 22.4 Å². The summed E-state index contributed by atoms with van der Waals surface area (Å²) in [6, 6.07) is 8.49. The Bertz CT molecular complexity index is 842. The Morgan fingerprint density at radius 1 is 1.26 bits per heavy atom. The van der Waals surface area contributed by atoms with E-state index in [4.69, 9.17) is 9.47 Å². The van der Waals surface area contributed by atoms with Crippen LogP contribution >= 0.6 is 0 Å². The zero-order valence-corrected chi connectivity index (χ0v) is 11.9.